The second-order valence-corrected chi connectivity index (χ2v) is 3.15. The van der Waals surface area contributed by atoms with Gasteiger partial charge in [-0.3, -0.25) is 9.97 Å². The first-order valence-electron chi connectivity index (χ1n) is 4.29. The third-order valence-corrected chi connectivity index (χ3v) is 2.05. The van der Waals surface area contributed by atoms with Crippen LogP contribution in [-0.2, 0) is 32.7 Å². The van der Waals surface area contributed by atoms with E-state index in [0.29, 0.717) is 11.2 Å². The number of nitrogens with zero attached hydrogens (tertiary/aromatic N) is 2. The SMILES string of the molecule is Cc1ccc2ncc(C([NH-])=O)c([O-])c2n1.[K+].[Y]. The molecule has 1 amide bonds. The minimum atomic E-state index is -1.03. The van der Waals surface area contributed by atoms with E-state index in [1.165, 1.54) is 0 Å². The normalized spacial score (nSPS) is 9.24. The van der Waals surface area contributed by atoms with E-state index in [0.717, 1.165) is 6.20 Å². The summed E-state index contributed by atoms with van der Waals surface area (Å²) in [6.45, 7) is 1.74. The van der Waals surface area contributed by atoms with E-state index in [2.05, 4.69) is 9.97 Å². The van der Waals surface area contributed by atoms with Crippen molar-refractivity contribution >= 4 is 16.9 Å². The summed E-state index contributed by atoms with van der Waals surface area (Å²) in [4.78, 5) is 18.7. The maximum absolute atomic E-state index is 11.7. The van der Waals surface area contributed by atoms with Gasteiger partial charge >= 0.3 is 51.4 Å². The maximum Gasteiger partial charge on any atom is 1.00 e. The van der Waals surface area contributed by atoms with Gasteiger partial charge in [0.05, 0.1) is 16.9 Å². The number of aromatic nitrogens is 2. The largest absolute Gasteiger partial charge is 1.00 e. The van der Waals surface area contributed by atoms with Gasteiger partial charge in [0.2, 0.25) is 0 Å². The molecule has 1 N–H and O–H groups in total. The van der Waals surface area contributed by atoms with Crippen LogP contribution in [0.25, 0.3) is 16.8 Å². The molecule has 0 aromatic carbocycles. The Bertz CT molecular complexity index is 562. The number of fused-ring (bicyclic) bond motifs is 1. The first-order valence-corrected chi connectivity index (χ1v) is 4.29. The van der Waals surface area contributed by atoms with Crippen LogP contribution >= 0.6 is 0 Å². The molecule has 0 aliphatic rings. The first-order chi connectivity index (χ1) is 7.09. The quantitative estimate of drug-likeness (QED) is 0.578. The fourth-order valence-corrected chi connectivity index (χ4v) is 1.30. The van der Waals surface area contributed by atoms with Crippen LogP contribution in [0.3, 0.4) is 0 Å². The van der Waals surface area contributed by atoms with E-state index in [1.807, 2.05) is 0 Å². The molecule has 0 bridgehead atoms. The number of amides is 1. The number of pyridine rings is 2. The van der Waals surface area contributed by atoms with Crippen LogP contribution in [0.4, 0.5) is 0 Å². The zero-order valence-corrected chi connectivity index (χ0v) is 15.5. The summed E-state index contributed by atoms with van der Waals surface area (Å²) in [6, 6.07) is 3.40. The second-order valence-electron chi connectivity index (χ2n) is 3.15. The van der Waals surface area contributed by atoms with E-state index in [4.69, 9.17) is 5.73 Å². The molecule has 0 aliphatic heterocycles. The summed E-state index contributed by atoms with van der Waals surface area (Å²) in [7, 11) is 0. The van der Waals surface area contributed by atoms with Crippen molar-refractivity contribution in [3.63, 3.8) is 0 Å². The summed E-state index contributed by atoms with van der Waals surface area (Å²) >= 11 is 0. The summed E-state index contributed by atoms with van der Waals surface area (Å²) in [5.74, 6) is -1.55. The first kappa shape index (κ1) is 17.6. The van der Waals surface area contributed by atoms with Crippen LogP contribution in [0.15, 0.2) is 18.3 Å². The summed E-state index contributed by atoms with van der Waals surface area (Å²) in [6.07, 6.45) is 1.12. The fourth-order valence-electron chi connectivity index (χ4n) is 1.30. The predicted molar refractivity (Wildman–Crippen MR) is 52.4 cm³/mol. The molecule has 2 heterocycles. The van der Waals surface area contributed by atoms with Crippen LogP contribution in [-0.4, -0.2) is 15.9 Å². The number of aryl methyl sites for hydroxylation is 1. The number of carbonyl (C=O) groups is 1. The summed E-state index contributed by atoms with van der Waals surface area (Å²) < 4.78 is 0. The van der Waals surface area contributed by atoms with Crippen molar-refractivity contribution in [2.45, 2.75) is 6.92 Å². The average Bonchev–Trinajstić information content (AvgIpc) is 2.19. The van der Waals surface area contributed by atoms with Crippen LogP contribution in [0.5, 0.6) is 5.75 Å². The van der Waals surface area contributed by atoms with Gasteiger partial charge in [0.25, 0.3) is 0 Å². The molecule has 79 valence electrons. The Labute approximate surface area is 166 Å². The minimum absolute atomic E-state index is 0. The number of hydrogen-bond acceptors (Lipinski definition) is 4. The van der Waals surface area contributed by atoms with Crippen molar-refractivity contribution in [3.05, 3.63) is 35.3 Å². The topological polar surface area (TPSA) is 89.7 Å². The molecule has 0 saturated heterocycles. The summed E-state index contributed by atoms with van der Waals surface area (Å²) in [5.41, 5.74) is 7.91. The molecule has 0 unspecified atom stereocenters. The molecular weight excluding hydrogens is 322 g/mol. The van der Waals surface area contributed by atoms with Crippen molar-refractivity contribution in [2.75, 3.05) is 0 Å². The van der Waals surface area contributed by atoms with Crippen molar-refractivity contribution in [2.24, 2.45) is 0 Å². The average molecular weight is 329 g/mol. The van der Waals surface area contributed by atoms with Gasteiger partial charge in [0.1, 0.15) is 0 Å². The van der Waals surface area contributed by atoms with E-state index in [-0.39, 0.29) is 95.2 Å². The molecule has 5 nitrogen and oxygen atoms in total. The third kappa shape index (κ3) is 3.76. The van der Waals surface area contributed by atoms with E-state index in [9.17, 15) is 9.90 Å². The minimum Gasteiger partial charge on any atom is -0.870 e. The predicted octanol–water partition coefficient (Wildman–Crippen LogP) is -1.79. The van der Waals surface area contributed by atoms with Crippen LogP contribution in [0.2, 0.25) is 0 Å². The molecule has 0 fully saturated rings. The van der Waals surface area contributed by atoms with Crippen LogP contribution in [0, 0.1) is 6.92 Å². The third-order valence-electron chi connectivity index (χ3n) is 2.05. The maximum atomic E-state index is 11.7. The van der Waals surface area contributed by atoms with Gasteiger partial charge in [-0.1, -0.05) is 5.75 Å². The Morgan fingerprint density at radius 3 is 2.65 bits per heavy atom. The van der Waals surface area contributed by atoms with Crippen molar-refractivity contribution in [3.8, 4) is 5.75 Å². The molecule has 0 atom stereocenters. The van der Waals surface area contributed by atoms with E-state index >= 15 is 0 Å². The number of hydrogen-bond donors (Lipinski definition) is 0. The van der Waals surface area contributed by atoms with Gasteiger partial charge < -0.3 is 15.6 Å². The molecule has 0 saturated carbocycles. The molecule has 1 radical (unpaired) electrons. The van der Waals surface area contributed by atoms with Crippen molar-refractivity contribution in [1.29, 1.82) is 0 Å². The number of rotatable bonds is 1. The van der Waals surface area contributed by atoms with Crippen LogP contribution in [0.1, 0.15) is 16.1 Å². The smallest absolute Gasteiger partial charge is 0.870 e. The van der Waals surface area contributed by atoms with Gasteiger partial charge in [-0.25, -0.2) is 0 Å². The van der Waals surface area contributed by atoms with Gasteiger partial charge in [-0.2, -0.15) is 0 Å². The van der Waals surface area contributed by atoms with Gasteiger partial charge in [0, 0.05) is 50.2 Å². The fraction of sp³-hybridized carbons (Fsp3) is 0.100. The van der Waals surface area contributed by atoms with Gasteiger partial charge in [-0.15, -0.1) is 0 Å². The van der Waals surface area contributed by atoms with Gasteiger partial charge in [0.15, 0.2) is 0 Å². The molecule has 2 aromatic rings. The molecule has 2 aromatic heterocycles. The molecule has 7 heteroatoms. The summed E-state index contributed by atoms with van der Waals surface area (Å²) in [5, 5.41) is 11.7. The Hall–Kier alpha value is 0.570. The number of nitrogens with one attached hydrogen (secondary N) is 1. The number of carbonyl (C=O) groups excluding carboxylic acids is 1. The molecule has 0 aliphatic carbocycles. The zero-order valence-electron chi connectivity index (χ0n) is 9.52. The second kappa shape index (κ2) is 7.23. The standard InChI is InChI=1S/C10H9N3O2.K.Y/c1-5-2-3-7-8(13-5)9(14)6(4-12-7)10(11)15;;/h2-4H,1H3,(H3,11,12,14,15);;/q;+1;/p-2. The monoisotopic (exact) mass is 329 g/mol. The molecular formula is C10H7KN3O2Y-. The Morgan fingerprint density at radius 1 is 1.41 bits per heavy atom. The zero-order chi connectivity index (χ0) is 11.0. The molecule has 17 heavy (non-hydrogen) atoms. The van der Waals surface area contributed by atoms with Gasteiger partial charge in [-0.05, 0) is 19.1 Å². The molecule has 2 rings (SSSR count). The van der Waals surface area contributed by atoms with E-state index < -0.39 is 11.7 Å². The Balaban J connectivity index is 0.00000128. The molecule has 0 spiro atoms. The van der Waals surface area contributed by atoms with Crippen LogP contribution < -0.4 is 56.5 Å². The van der Waals surface area contributed by atoms with E-state index in [1.54, 1.807) is 19.1 Å². The Kier molecular flexibility index (Phi) is 7.47. The van der Waals surface area contributed by atoms with Crippen molar-refractivity contribution in [1.82, 2.24) is 9.97 Å². The Morgan fingerprint density at radius 2 is 2.06 bits per heavy atom. The van der Waals surface area contributed by atoms with Crippen molar-refractivity contribution < 1.29 is 94.0 Å².